The predicted molar refractivity (Wildman–Crippen MR) is 83.0 cm³/mol. The fourth-order valence-electron chi connectivity index (χ4n) is 2.03. The van der Waals surface area contributed by atoms with Crippen molar-refractivity contribution >= 4 is 21.9 Å². The molecule has 1 aromatic heterocycles. The van der Waals surface area contributed by atoms with Gasteiger partial charge in [0, 0.05) is 16.1 Å². The molecule has 2 aromatic rings. The summed E-state index contributed by atoms with van der Waals surface area (Å²) in [5.41, 5.74) is 1.15. The number of rotatable bonds is 4. The molecule has 0 unspecified atom stereocenters. The molecule has 0 saturated carbocycles. The highest BCUT2D eigenvalue weighted by atomic mass is 79.9. The van der Waals surface area contributed by atoms with Gasteiger partial charge in [0.1, 0.15) is 0 Å². The lowest BCUT2D eigenvalue weighted by molar-refractivity contribution is -0.145. The maximum absolute atomic E-state index is 12.0. The third kappa shape index (κ3) is 3.39. The standard InChI is InChI=1S/C15H15BrN2O3/c1-3-13(15(20)21-2)18-14(19)8-7-12(17-18)10-5-4-6-11(16)9-10/h4-9,13H,3H2,1-2H3/t13-/m0/s1. The molecule has 5 nitrogen and oxygen atoms in total. The minimum atomic E-state index is -0.713. The summed E-state index contributed by atoms with van der Waals surface area (Å²) in [6.07, 6.45) is 0.432. The van der Waals surface area contributed by atoms with Gasteiger partial charge in [0.25, 0.3) is 5.56 Å². The van der Waals surface area contributed by atoms with E-state index in [-0.39, 0.29) is 5.56 Å². The SMILES string of the molecule is CC[C@@H](C(=O)OC)n1nc(-c2cccc(Br)c2)ccc1=O. The second kappa shape index (κ2) is 6.67. The third-order valence-electron chi connectivity index (χ3n) is 3.10. The van der Waals surface area contributed by atoms with Crippen LogP contribution in [0.5, 0.6) is 0 Å². The first kappa shape index (κ1) is 15.4. The Hall–Kier alpha value is -1.95. The molecule has 0 amide bonds. The molecule has 0 fully saturated rings. The first-order valence-electron chi connectivity index (χ1n) is 6.50. The summed E-state index contributed by atoms with van der Waals surface area (Å²) in [4.78, 5) is 23.7. The second-order valence-electron chi connectivity index (χ2n) is 4.46. The van der Waals surface area contributed by atoms with Crippen molar-refractivity contribution < 1.29 is 9.53 Å². The quantitative estimate of drug-likeness (QED) is 0.795. The van der Waals surface area contributed by atoms with E-state index in [1.54, 1.807) is 6.07 Å². The van der Waals surface area contributed by atoms with E-state index in [4.69, 9.17) is 4.74 Å². The molecule has 1 heterocycles. The van der Waals surface area contributed by atoms with Gasteiger partial charge in [-0.25, -0.2) is 9.48 Å². The fraction of sp³-hybridized carbons (Fsp3) is 0.267. The summed E-state index contributed by atoms with van der Waals surface area (Å²) in [5, 5.41) is 4.31. The van der Waals surface area contributed by atoms with Crippen LogP contribution in [0.25, 0.3) is 11.3 Å². The number of esters is 1. The van der Waals surface area contributed by atoms with Gasteiger partial charge in [-0.3, -0.25) is 4.79 Å². The van der Waals surface area contributed by atoms with Gasteiger partial charge in [-0.2, -0.15) is 5.10 Å². The molecule has 0 bridgehead atoms. The van der Waals surface area contributed by atoms with Crippen molar-refractivity contribution in [2.75, 3.05) is 7.11 Å². The molecule has 21 heavy (non-hydrogen) atoms. The summed E-state index contributed by atoms with van der Waals surface area (Å²) in [6.45, 7) is 1.81. The Morgan fingerprint density at radius 3 is 2.76 bits per heavy atom. The van der Waals surface area contributed by atoms with Gasteiger partial charge < -0.3 is 4.74 Å². The zero-order chi connectivity index (χ0) is 15.4. The Morgan fingerprint density at radius 1 is 1.38 bits per heavy atom. The van der Waals surface area contributed by atoms with Gasteiger partial charge in [0.15, 0.2) is 6.04 Å². The smallest absolute Gasteiger partial charge is 0.330 e. The number of halogens is 1. The van der Waals surface area contributed by atoms with Crippen molar-refractivity contribution in [1.29, 1.82) is 0 Å². The topological polar surface area (TPSA) is 61.2 Å². The number of methoxy groups -OCH3 is 1. The monoisotopic (exact) mass is 350 g/mol. The molecule has 0 aliphatic heterocycles. The van der Waals surface area contributed by atoms with E-state index in [1.165, 1.54) is 17.9 Å². The van der Waals surface area contributed by atoms with E-state index in [9.17, 15) is 9.59 Å². The molecule has 0 N–H and O–H groups in total. The van der Waals surface area contributed by atoms with Crippen LogP contribution >= 0.6 is 15.9 Å². The number of nitrogens with zero attached hydrogens (tertiary/aromatic N) is 2. The van der Waals surface area contributed by atoms with E-state index in [0.29, 0.717) is 12.1 Å². The molecule has 0 aliphatic rings. The molecule has 2 rings (SSSR count). The molecule has 110 valence electrons. The van der Waals surface area contributed by atoms with Gasteiger partial charge in [-0.15, -0.1) is 0 Å². The average Bonchev–Trinajstić information content (AvgIpc) is 2.49. The molecule has 0 spiro atoms. The molecular weight excluding hydrogens is 336 g/mol. The molecule has 6 heteroatoms. The molecule has 1 atom stereocenters. The normalized spacial score (nSPS) is 12.0. The first-order valence-corrected chi connectivity index (χ1v) is 7.29. The van der Waals surface area contributed by atoms with Crippen molar-refractivity contribution in [2.24, 2.45) is 0 Å². The molecular formula is C15H15BrN2O3. The Bertz CT molecular complexity index is 712. The van der Waals surface area contributed by atoms with Gasteiger partial charge in [0.05, 0.1) is 12.8 Å². The third-order valence-corrected chi connectivity index (χ3v) is 3.59. The lowest BCUT2D eigenvalue weighted by Gasteiger charge is -2.15. The lowest BCUT2D eigenvalue weighted by atomic mass is 10.1. The Labute approximate surface area is 130 Å². The van der Waals surface area contributed by atoms with Crippen LogP contribution in [0.4, 0.5) is 0 Å². The molecule has 0 radical (unpaired) electrons. The van der Waals surface area contributed by atoms with E-state index in [1.807, 2.05) is 31.2 Å². The van der Waals surface area contributed by atoms with Gasteiger partial charge >= 0.3 is 5.97 Å². The van der Waals surface area contributed by atoms with E-state index in [2.05, 4.69) is 21.0 Å². The van der Waals surface area contributed by atoms with Gasteiger partial charge in [-0.1, -0.05) is 35.0 Å². The number of benzene rings is 1. The zero-order valence-electron chi connectivity index (χ0n) is 11.7. The highest BCUT2D eigenvalue weighted by Crippen LogP contribution is 2.21. The first-order chi connectivity index (χ1) is 10.1. The number of hydrogen-bond acceptors (Lipinski definition) is 4. The number of carbonyl (C=O) groups excluding carboxylic acids is 1. The summed E-state index contributed by atoms with van der Waals surface area (Å²) in [6, 6.07) is 9.92. The fourth-order valence-corrected chi connectivity index (χ4v) is 2.43. The number of hydrogen-bond donors (Lipinski definition) is 0. The Morgan fingerprint density at radius 2 is 2.14 bits per heavy atom. The van der Waals surface area contributed by atoms with E-state index >= 15 is 0 Å². The summed E-state index contributed by atoms with van der Waals surface area (Å²) < 4.78 is 6.83. The minimum Gasteiger partial charge on any atom is -0.467 e. The maximum atomic E-state index is 12.0. The van der Waals surface area contributed by atoms with Crippen LogP contribution in [-0.2, 0) is 9.53 Å². The molecule has 0 saturated heterocycles. The second-order valence-corrected chi connectivity index (χ2v) is 5.37. The van der Waals surface area contributed by atoms with Crippen LogP contribution < -0.4 is 5.56 Å². The van der Waals surface area contributed by atoms with E-state index < -0.39 is 12.0 Å². The van der Waals surface area contributed by atoms with Crippen LogP contribution in [0.15, 0.2) is 45.7 Å². The van der Waals surface area contributed by atoms with Gasteiger partial charge in [-0.05, 0) is 24.6 Å². The lowest BCUT2D eigenvalue weighted by Crippen LogP contribution is -2.32. The van der Waals surface area contributed by atoms with E-state index in [0.717, 1.165) is 10.0 Å². The Kier molecular flexibility index (Phi) is 4.90. The predicted octanol–water partition coefficient (Wildman–Crippen LogP) is 2.80. The maximum Gasteiger partial charge on any atom is 0.330 e. The van der Waals surface area contributed by atoms with Crippen molar-refractivity contribution in [3.8, 4) is 11.3 Å². The van der Waals surface area contributed by atoms with Crippen molar-refractivity contribution in [1.82, 2.24) is 9.78 Å². The van der Waals surface area contributed by atoms with Crippen LogP contribution in [0.2, 0.25) is 0 Å². The summed E-state index contributed by atoms with van der Waals surface area (Å²) in [7, 11) is 1.30. The minimum absolute atomic E-state index is 0.328. The van der Waals surface area contributed by atoms with Crippen molar-refractivity contribution in [2.45, 2.75) is 19.4 Å². The Balaban J connectivity index is 2.51. The summed E-state index contributed by atoms with van der Waals surface area (Å²) in [5.74, 6) is -0.474. The zero-order valence-corrected chi connectivity index (χ0v) is 13.3. The van der Waals surface area contributed by atoms with Crippen LogP contribution in [0.3, 0.4) is 0 Å². The largest absolute Gasteiger partial charge is 0.467 e. The van der Waals surface area contributed by atoms with Gasteiger partial charge in [0.2, 0.25) is 0 Å². The highest BCUT2D eigenvalue weighted by Gasteiger charge is 2.21. The van der Waals surface area contributed by atoms with Crippen molar-refractivity contribution in [3.63, 3.8) is 0 Å². The molecule has 1 aromatic carbocycles. The number of carbonyl (C=O) groups is 1. The average molecular weight is 351 g/mol. The van der Waals surface area contributed by atoms with Crippen molar-refractivity contribution in [3.05, 3.63) is 51.2 Å². The summed E-state index contributed by atoms with van der Waals surface area (Å²) >= 11 is 3.40. The highest BCUT2D eigenvalue weighted by molar-refractivity contribution is 9.10. The molecule has 0 aliphatic carbocycles. The van der Waals surface area contributed by atoms with Crippen LogP contribution in [0.1, 0.15) is 19.4 Å². The van der Waals surface area contributed by atoms with Crippen LogP contribution in [-0.4, -0.2) is 22.9 Å². The number of ether oxygens (including phenoxy) is 1. The number of aromatic nitrogens is 2. The van der Waals surface area contributed by atoms with Crippen LogP contribution in [0, 0.1) is 0 Å².